The molecule has 2 aromatic rings. The molecule has 5 heteroatoms. The Bertz CT molecular complexity index is 613. The summed E-state index contributed by atoms with van der Waals surface area (Å²) in [5.74, 6) is -0.918. The van der Waals surface area contributed by atoms with Crippen molar-refractivity contribution in [1.82, 2.24) is 5.32 Å². The maximum Gasteiger partial charge on any atom is 0.255 e. The highest BCUT2D eigenvalue weighted by atomic mass is 16.3. The van der Waals surface area contributed by atoms with Gasteiger partial charge >= 0.3 is 0 Å². The van der Waals surface area contributed by atoms with Crippen molar-refractivity contribution in [3.05, 3.63) is 59.7 Å². The number of benzene rings is 2. The van der Waals surface area contributed by atoms with Crippen LogP contribution in [0.3, 0.4) is 0 Å². The Morgan fingerprint density at radius 1 is 1.10 bits per heavy atom. The Morgan fingerprint density at radius 2 is 1.81 bits per heavy atom. The fraction of sp³-hybridized carbons (Fsp3) is 0.188. The molecule has 2 aromatic carbocycles. The fourth-order valence-corrected chi connectivity index (χ4v) is 2.04. The quantitative estimate of drug-likeness (QED) is 0.669. The van der Waals surface area contributed by atoms with E-state index in [-0.39, 0.29) is 23.7 Å². The number of aliphatic hydroxyl groups excluding tert-OH is 1. The zero-order valence-electron chi connectivity index (χ0n) is 11.4. The number of hydrogen-bond acceptors (Lipinski definition) is 4. The normalized spacial score (nSPS) is 11.9. The molecule has 0 aromatic heterocycles. The van der Waals surface area contributed by atoms with Gasteiger partial charge in [-0.25, -0.2) is 0 Å². The molecule has 0 spiro atoms. The molecule has 21 heavy (non-hydrogen) atoms. The molecule has 2 rings (SSSR count). The van der Waals surface area contributed by atoms with E-state index in [0.29, 0.717) is 6.42 Å². The molecular weight excluding hydrogens is 270 g/mol. The summed E-state index contributed by atoms with van der Waals surface area (Å²) in [4.78, 5) is 12.1. The Labute approximate surface area is 122 Å². The number of hydrogen-bond donors (Lipinski definition) is 4. The zero-order valence-corrected chi connectivity index (χ0v) is 11.4. The molecule has 0 saturated heterocycles. The third-order valence-corrected chi connectivity index (χ3v) is 3.11. The maximum absolute atomic E-state index is 12.1. The first-order valence-corrected chi connectivity index (χ1v) is 6.58. The van der Waals surface area contributed by atoms with Crippen LogP contribution in [0.2, 0.25) is 0 Å². The molecule has 5 nitrogen and oxygen atoms in total. The molecule has 0 radical (unpaired) electrons. The summed E-state index contributed by atoms with van der Waals surface area (Å²) in [7, 11) is 0. The third-order valence-electron chi connectivity index (χ3n) is 3.11. The Morgan fingerprint density at radius 3 is 2.43 bits per heavy atom. The molecule has 0 saturated carbocycles. The molecular formula is C16H17NO4. The third kappa shape index (κ3) is 3.97. The van der Waals surface area contributed by atoms with Gasteiger partial charge in [0.25, 0.3) is 5.91 Å². The van der Waals surface area contributed by atoms with Gasteiger partial charge in [-0.05, 0) is 24.1 Å². The van der Waals surface area contributed by atoms with E-state index in [1.54, 1.807) is 0 Å². The number of phenolic OH excluding ortho intramolecular Hbond substituents is 2. The topological polar surface area (TPSA) is 89.8 Å². The van der Waals surface area contributed by atoms with Crippen LogP contribution in [-0.4, -0.2) is 33.9 Å². The van der Waals surface area contributed by atoms with Gasteiger partial charge in [0.05, 0.1) is 18.2 Å². The molecule has 0 aliphatic heterocycles. The van der Waals surface area contributed by atoms with Gasteiger partial charge in [-0.1, -0.05) is 30.3 Å². The van der Waals surface area contributed by atoms with Gasteiger partial charge < -0.3 is 20.6 Å². The lowest BCUT2D eigenvalue weighted by molar-refractivity contribution is 0.0914. The van der Waals surface area contributed by atoms with E-state index in [9.17, 15) is 20.1 Å². The van der Waals surface area contributed by atoms with Gasteiger partial charge in [0.1, 0.15) is 11.5 Å². The van der Waals surface area contributed by atoms with E-state index in [1.165, 1.54) is 12.1 Å². The van der Waals surface area contributed by atoms with Crippen LogP contribution in [0.25, 0.3) is 0 Å². The lowest BCUT2D eigenvalue weighted by Gasteiger charge is -2.17. The molecule has 0 unspecified atom stereocenters. The average molecular weight is 287 g/mol. The molecule has 0 aliphatic carbocycles. The smallest absolute Gasteiger partial charge is 0.255 e. The molecule has 0 aliphatic rings. The van der Waals surface area contributed by atoms with Crippen LogP contribution >= 0.6 is 0 Å². The van der Waals surface area contributed by atoms with Crippen molar-refractivity contribution < 1.29 is 20.1 Å². The standard InChI is InChI=1S/C16H17NO4/c18-10-12(8-11-4-2-1-3-5-11)17-16(21)14-7-6-13(19)9-15(14)20/h1-7,9,12,18-20H,8,10H2,(H,17,21)/t12-/m0/s1. The van der Waals surface area contributed by atoms with Gasteiger partial charge in [0, 0.05) is 6.07 Å². The van der Waals surface area contributed by atoms with Crippen LogP contribution in [0.1, 0.15) is 15.9 Å². The Balaban J connectivity index is 2.06. The molecule has 4 N–H and O–H groups in total. The number of phenols is 2. The lowest BCUT2D eigenvalue weighted by atomic mass is 10.1. The number of nitrogens with one attached hydrogen (secondary N) is 1. The largest absolute Gasteiger partial charge is 0.508 e. The van der Waals surface area contributed by atoms with E-state index < -0.39 is 11.9 Å². The van der Waals surface area contributed by atoms with E-state index in [4.69, 9.17) is 0 Å². The van der Waals surface area contributed by atoms with Crippen LogP contribution in [0.4, 0.5) is 0 Å². The Hall–Kier alpha value is -2.53. The van der Waals surface area contributed by atoms with Crippen LogP contribution < -0.4 is 5.32 Å². The molecule has 1 amide bonds. The molecule has 110 valence electrons. The summed E-state index contributed by atoms with van der Waals surface area (Å²) in [5.41, 5.74) is 1.05. The number of carbonyl (C=O) groups is 1. The monoisotopic (exact) mass is 287 g/mol. The van der Waals surface area contributed by atoms with Crippen molar-refractivity contribution in [3.8, 4) is 11.5 Å². The summed E-state index contributed by atoms with van der Waals surface area (Å²) < 4.78 is 0. The fourth-order valence-electron chi connectivity index (χ4n) is 2.04. The second kappa shape index (κ2) is 6.76. The first kappa shape index (κ1) is 14.9. The first-order valence-electron chi connectivity index (χ1n) is 6.58. The maximum atomic E-state index is 12.1. The van der Waals surface area contributed by atoms with Gasteiger partial charge in [-0.2, -0.15) is 0 Å². The predicted molar refractivity (Wildman–Crippen MR) is 78.3 cm³/mol. The summed E-state index contributed by atoms with van der Waals surface area (Å²) in [6, 6.07) is 12.8. The van der Waals surface area contributed by atoms with Crippen molar-refractivity contribution in [2.24, 2.45) is 0 Å². The van der Waals surface area contributed by atoms with Crippen molar-refractivity contribution in [1.29, 1.82) is 0 Å². The minimum absolute atomic E-state index is 0.0549. The summed E-state index contributed by atoms with van der Waals surface area (Å²) in [6.07, 6.45) is 0.488. The van der Waals surface area contributed by atoms with Crippen molar-refractivity contribution in [2.75, 3.05) is 6.61 Å². The van der Waals surface area contributed by atoms with Crippen molar-refractivity contribution in [3.63, 3.8) is 0 Å². The van der Waals surface area contributed by atoms with Crippen LogP contribution in [0.15, 0.2) is 48.5 Å². The van der Waals surface area contributed by atoms with E-state index >= 15 is 0 Å². The molecule has 1 atom stereocenters. The number of carbonyl (C=O) groups excluding carboxylic acids is 1. The first-order chi connectivity index (χ1) is 10.1. The van der Waals surface area contributed by atoms with E-state index in [1.807, 2.05) is 30.3 Å². The van der Waals surface area contributed by atoms with Gasteiger partial charge in [-0.3, -0.25) is 4.79 Å². The van der Waals surface area contributed by atoms with Gasteiger partial charge in [-0.15, -0.1) is 0 Å². The summed E-state index contributed by atoms with van der Waals surface area (Å²) in [6.45, 7) is -0.209. The second-order valence-electron chi connectivity index (χ2n) is 4.74. The number of aromatic hydroxyl groups is 2. The second-order valence-corrected chi connectivity index (χ2v) is 4.74. The number of amides is 1. The number of aliphatic hydroxyl groups is 1. The Kier molecular flexibility index (Phi) is 4.79. The SMILES string of the molecule is O=C(N[C@H](CO)Cc1ccccc1)c1ccc(O)cc1O. The summed E-state index contributed by atoms with van der Waals surface area (Å²) in [5, 5.41) is 30.9. The highest BCUT2D eigenvalue weighted by Crippen LogP contribution is 2.22. The average Bonchev–Trinajstić information content (AvgIpc) is 2.47. The molecule has 0 heterocycles. The highest BCUT2D eigenvalue weighted by Gasteiger charge is 2.16. The van der Waals surface area contributed by atoms with Gasteiger partial charge in [0.15, 0.2) is 0 Å². The lowest BCUT2D eigenvalue weighted by Crippen LogP contribution is -2.39. The predicted octanol–water partition coefficient (Wildman–Crippen LogP) is 1.43. The minimum atomic E-state index is -0.498. The van der Waals surface area contributed by atoms with E-state index in [0.717, 1.165) is 11.6 Å². The highest BCUT2D eigenvalue weighted by molar-refractivity contribution is 5.97. The molecule has 0 fully saturated rings. The summed E-state index contributed by atoms with van der Waals surface area (Å²) >= 11 is 0. The van der Waals surface area contributed by atoms with E-state index in [2.05, 4.69) is 5.32 Å². The minimum Gasteiger partial charge on any atom is -0.508 e. The van der Waals surface area contributed by atoms with Crippen LogP contribution in [0, 0.1) is 0 Å². The van der Waals surface area contributed by atoms with Gasteiger partial charge in [0.2, 0.25) is 0 Å². The molecule has 0 bridgehead atoms. The van der Waals surface area contributed by atoms with Crippen LogP contribution in [-0.2, 0) is 6.42 Å². The number of rotatable bonds is 5. The zero-order chi connectivity index (χ0) is 15.2. The van der Waals surface area contributed by atoms with Crippen molar-refractivity contribution in [2.45, 2.75) is 12.5 Å². The van der Waals surface area contributed by atoms with Crippen molar-refractivity contribution >= 4 is 5.91 Å². The van der Waals surface area contributed by atoms with Crippen LogP contribution in [0.5, 0.6) is 11.5 Å².